The average Bonchev–Trinajstić information content (AvgIpc) is 2.72. The molecule has 2 amide bonds. The van der Waals surface area contributed by atoms with Crippen LogP contribution in [0, 0.1) is 5.92 Å². The summed E-state index contributed by atoms with van der Waals surface area (Å²) >= 11 is 0. The lowest BCUT2D eigenvalue weighted by atomic mass is 10.0. The molecule has 8 nitrogen and oxygen atoms in total. The maximum Gasteiger partial charge on any atom is 0.278 e. The first-order valence-corrected chi connectivity index (χ1v) is 5.93. The number of hydrogen-bond acceptors (Lipinski definition) is 6. The summed E-state index contributed by atoms with van der Waals surface area (Å²) in [5.41, 5.74) is 5.32. The minimum absolute atomic E-state index is 0.0990. The maximum absolute atomic E-state index is 12.0. The van der Waals surface area contributed by atoms with Gasteiger partial charge in [-0.05, 0) is 22.7 Å². The van der Waals surface area contributed by atoms with Gasteiger partial charge >= 0.3 is 0 Å². The fourth-order valence-corrected chi connectivity index (χ4v) is 1.58. The molecule has 8 heteroatoms. The summed E-state index contributed by atoms with van der Waals surface area (Å²) in [4.78, 5) is 25.3. The predicted molar refractivity (Wildman–Crippen MR) is 68.1 cm³/mol. The molecular formula is C11H19N5O3. The standard InChI is InChI=1S/C11H19N5O3/c1-6(2)5-7(11(18)16(3)4)13-10(17)8-9(12)15-19-14-8/h6-7H,5H2,1-4H3,(H2,12,15)(H,13,17). The van der Waals surface area contributed by atoms with E-state index in [-0.39, 0.29) is 23.3 Å². The molecule has 1 heterocycles. The number of nitrogens with two attached hydrogens (primary N) is 1. The highest BCUT2D eigenvalue weighted by atomic mass is 16.6. The Kier molecular flexibility index (Phi) is 4.85. The lowest BCUT2D eigenvalue weighted by Crippen LogP contribution is -2.47. The summed E-state index contributed by atoms with van der Waals surface area (Å²) in [6, 6.07) is -0.626. The lowest BCUT2D eigenvalue weighted by Gasteiger charge is -2.22. The summed E-state index contributed by atoms with van der Waals surface area (Å²) in [7, 11) is 3.27. The Hall–Kier alpha value is -2.12. The zero-order valence-electron chi connectivity index (χ0n) is 11.5. The molecule has 19 heavy (non-hydrogen) atoms. The number of nitrogens with one attached hydrogen (secondary N) is 1. The van der Waals surface area contributed by atoms with Crippen LogP contribution < -0.4 is 11.1 Å². The van der Waals surface area contributed by atoms with Gasteiger partial charge in [0, 0.05) is 14.1 Å². The van der Waals surface area contributed by atoms with E-state index >= 15 is 0 Å². The second kappa shape index (κ2) is 6.17. The summed E-state index contributed by atoms with van der Waals surface area (Å²) in [6.45, 7) is 3.93. The van der Waals surface area contributed by atoms with E-state index in [0.29, 0.717) is 6.42 Å². The summed E-state index contributed by atoms with van der Waals surface area (Å²) in [5, 5.41) is 9.33. The van der Waals surface area contributed by atoms with Gasteiger partial charge in [-0.2, -0.15) is 0 Å². The minimum atomic E-state index is -0.626. The normalized spacial score (nSPS) is 12.3. The van der Waals surface area contributed by atoms with Crippen molar-refractivity contribution >= 4 is 17.6 Å². The number of rotatable bonds is 5. The van der Waals surface area contributed by atoms with Crippen LogP contribution in [0.2, 0.25) is 0 Å². The summed E-state index contributed by atoms with van der Waals surface area (Å²) in [6.07, 6.45) is 0.522. The minimum Gasteiger partial charge on any atom is -0.379 e. The zero-order valence-corrected chi connectivity index (χ0v) is 11.5. The van der Waals surface area contributed by atoms with Crippen LogP contribution >= 0.6 is 0 Å². The second-order valence-corrected chi connectivity index (χ2v) is 4.89. The van der Waals surface area contributed by atoms with E-state index in [2.05, 4.69) is 20.3 Å². The zero-order chi connectivity index (χ0) is 14.6. The highest BCUT2D eigenvalue weighted by Crippen LogP contribution is 2.09. The molecule has 0 aliphatic rings. The Bertz CT molecular complexity index is 455. The van der Waals surface area contributed by atoms with Crippen molar-refractivity contribution in [3.05, 3.63) is 5.69 Å². The molecule has 1 rings (SSSR count). The van der Waals surface area contributed by atoms with Crippen molar-refractivity contribution in [2.75, 3.05) is 19.8 Å². The number of anilines is 1. The highest BCUT2D eigenvalue weighted by Gasteiger charge is 2.26. The van der Waals surface area contributed by atoms with Crippen LogP contribution in [0.4, 0.5) is 5.82 Å². The quantitative estimate of drug-likeness (QED) is 0.770. The third kappa shape index (κ3) is 3.94. The van der Waals surface area contributed by atoms with Crippen molar-refractivity contribution in [1.29, 1.82) is 0 Å². The van der Waals surface area contributed by atoms with Gasteiger partial charge in [-0.15, -0.1) is 0 Å². The maximum atomic E-state index is 12.0. The van der Waals surface area contributed by atoms with Crippen molar-refractivity contribution in [2.24, 2.45) is 5.92 Å². The van der Waals surface area contributed by atoms with Gasteiger partial charge < -0.3 is 16.0 Å². The van der Waals surface area contributed by atoms with E-state index in [0.717, 1.165) is 0 Å². The number of carbonyl (C=O) groups excluding carboxylic acids is 2. The van der Waals surface area contributed by atoms with Gasteiger partial charge in [0.15, 0.2) is 0 Å². The molecule has 1 aromatic rings. The first-order chi connectivity index (χ1) is 8.82. The topological polar surface area (TPSA) is 114 Å². The SMILES string of the molecule is CC(C)CC(NC(=O)c1nonc1N)C(=O)N(C)C. The molecule has 1 unspecified atom stereocenters. The third-order valence-corrected chi connectivity index (χ3v) is 2.48. The fourth-order valence-electron chi connectivity index (χ4n) is 1.58. The molecule has 1 atom stereocenters. The van der Waals surface area contributed by atoms with Gasteiger partial charge in [0.1, 0.15) is 6.04 Å². The molecule has 0 bridgehead atoms. The Morgan fingerprint density at radius 3 is 2.42 bits per heavy atom. The highest BCUT2D eigenvalue weighted by molar-refractivity contribution is 5.98. The molecular weight excluding hydrogens is 250 g/mol. The Morgan fingerprint density at radius 1 is 1.37 bits per heavy atom. The fraction of sp³-hybridized carbons (Fsp3) is 0.636. The molecule has 106 valence electrons. The van der Waals surface area contributed by atoms with Gasteiger partial charge in [-0.25, -0.2) is 4.63 Å². The van der Waals surface area contributed by atoms with Crippen molar-refractivity contribution in [1.82, 2.24) is 20.5 Å². The number of hydrogen-bond donors (Lipinski definition) is 2. The molecule has 0 spiro atoms. The van der Waals surface area contributed by atoms with Gasteiger partial charge in [-0.3, -0.25) is 9.59 Å². The van der Waals surface area contributed by atoms with Crippen LogP contribution in [0.3, 0.4) is 0 Å². The second-order valence-electron chi connectivity index (χ2n) is 4.89. The number of nitrogens with zero attached hydrogens (tertiary/aromatic N) is 3. The van der Waals surface area contributed by atoms with Crippen LogP contribution in [0.25, 0.3) is 0 Å². The van der Waals surface area contributed by atoms with E-state index < -0.39 is 11.9 Å². The molecule has 0 saturated heterocycles. The first-order valence-electron chi connectivity index (χ1n) is 5.93. The first kappa shape index (κ1) is 14.9. The molecule has 3 N–H and O–H groups in total. The van der Waals surface area contributed by atoms with E-state index in [1.165, 1.54) is 4.90 Å². The van der Waals surface area contributed by atoms with Crippen LogP contribution in [0.1, 0.15) is 30.8 Å². The van der Waals surface area contributed by atoms with Crippen molar-refractivity contribution in [3.8, 4) is 0 Å². The van der Waals surface area contributed by atoms with Gasteiger partial charge in [-0.1, -0.05) is 13.8 Å². The van der Waals surface area contributed by atoms with Crippen LogP contribution in [0.15, 0.2) is 4.63 Å². The summed E-state index contributed by atoms with van der Waals surface area (Å²) < 4.78 is 4.36. The number of aromatic nitrogens is 2. The summed E-state index contributed by atoms with van der Waals surface area (Å²) in [5.74, 6) is -0.600. The average molecular weight is 269 g/mol. The third-order valence-electron chi connectivity index (χ3n) is 2.48. The van der Waals surface area contributed by atoms with E-state index in [4.69, 9.17) is 5.73 Å². The lowest BCUT2D eigenvalue weighted by molar-refractivity contribution is -0.131. The van der Waals surface area contributed by atoms with Crippen molar-refractivity contribution < 1.29 is 14.2 Å². The van der Waals surface area contributed by atoms with Gasteiger partial charge in [0.25, 0.3) is 5.91 Å². The molecule has 1 aromatic heterocycles. The Morgan fingerprint density at radius 2 is 2.00 bits per heavy atom. The molecule has 0 fully saturated rings. The predicted octanol–water partition coefficient (Wildman–Crippen LogP) is -0.115. The molecule has 0 radical (unpaired) electrons. The number of carbonyl (C=O) groups is 2. The molecule has 0 aliphatic carbocycles. The van der Waals surface area contributed by atoms with Crippen molar-refractivity contribution in [2.45, 2.75) is 26.3 Å². The monoisotopic (exact) mass is 269 g/mol. The van der Waals surface area contributed by atoms with Gasteiger partial charge in [0.05, 0.1) is 0 Å². The molecule has 0 aliphatic heterocycles. The largest absolute Gasteiger partial charge is 0.379 e. The number of likely N-dealkylation sites (N-methyl/N-ethyl adjacent to an activating group) is 1. The van der Waals surface area contributed by atoms with Crippen LogP contribution in [-0.2, 0) is 4.79 Å². The van der Waals surface area contributed by atoms with E-state index in [1.807, 2.05) is 13.8 Å². The number of nitrogen functional groups attached to an aromatic ring is 1. The Balaban J connectivity index is 2.80. The van der Waals surface area contributed by atoms with E-state index in [9.17, 15) is 9.59 Å². The van der Waals surface area contributed by atoms with Gasteiger partial charge in [0.2, 0.25) is 17.4 Å². The van der Waals surface area contributed by atoms with Crippen LogP contribution in [-0.4, -0.2) is 47.2 Å². The molecule has 0 aromatic carbocycles. The van der Waals surface area contributed by atoms with Crippen molar-refractivity contribution in [3.63, 3.8) is 0 Å². The molecule has 0 saturated carbocycles. The smallest absolute Gasteiger partial charge is 0.278 e. The van der Waals surface area contributed by atoms with E-state index in [1.54, 1.807) is 14.1 Å². The van der Waals surface area contributed by atoms with Crippen LogP contribution in [0.5, 0.6) is 0 Å². The number of amides is 2. The Labute approximate surface area is 111 Å².